The van der Waals surface area contributed by atoms with Gasteiger partial charge in [0.2, 0.25) is 0 Å². The van der Waals surface area contributed by atoms with Gasteiger partial charge in [0.15, 0.2) is 0 Å². The average molecular weight is 278 g/mol. The highest BCUT2D eigenvalue weighted by Gasteiger charge is 2.21. The SMILES string of the molecule is CC(C)c1nc2c(n1CCN1CCOCC1)CCNC2. The maximum atomic E-state index is 5.42. The van der Waals surface area contributed by atoms with Gasteiger partial charge in [-0.05, 0) is 0 Å². The molecule has 0 amide bonds. The number of nitrogens with zero attached hydrogens (tertiary/aromatic N) is 3. The summed E-state index contributed by atoms with van der Waals surface area (Å²) in [4.78, 5) is 7.37. The molecule has 1 aromatic rings. The van der Waals surface area contributed by atoms with E-state index in [1.807, 2.05) is 0 Å². The molecule has 0 aromatic carbocycles. The summed E-state index contributed by atoms with van der Waals surface area (Å²) in [6, 6.07) is 0. The molecule has 1 fully saturated rings. The number of imidazole rings is 1. The van der Waals surface area contributed by atoms with Crippen molar-refractivity contribution in [1.29, 1.82) is 0 Å². The van der Waals surface area contributed by atoms with Crippen molar-refractivity contribution in [2.75, 3.05) is 39.4 Å². The van der Waals surface area contributed by atoms with Crippen LogP contribution in [-0.4, -0.2) is 53.8 Å². The summed E-state index contributed by atoms with van der Waals surface area (Å²) in [6.07, 6.45) is 1.11. The number of fused-ring (bicyclic) bond motifs is 1. The second-order valence-electron chi connectivity index (χ2n) is 6.05. The smallest absolute Gasteiger partial charge is 0.111 e. The van der Waals surface area contributed by atoms with Gasteiger partial charge in [-0.1, -0.05) is 13.8 Å². The number of morpholine rings is 1. The van der Waals surface area contributed by atoms with Crippen LogP contribution in [0, 0.1) is 0 Å². The third-order valence-corrected chi connectivity index (χ3v) is 4.28. The molecular weight excluding hydrogens is 252 g/mol. The number of nitrogens with one attached hydrogen (secondary N) is 1. The van der Waals surface area contributed by atoms with Crippen LogP contribution in [0.25, 0.3) is 0 Å². The number of hydrogen-bond acceptors (Lipinski definition) is 4. The molecule has 1 aromatic heterocycles. The highest BCUT2D eigenvalue weighted by atomic mass is 16.5. The molecule has 0 aliphatic carbocycles. The second-order valence-corrected chi connectivity index (χ2v) is 6.05. The van der Waals surface area contributed by atoms with Gasteiger partial charge in [-0.2, -0.15) is 0 Å². The molecule has 5 nitrogen and oxygen atoms in total. The Morgan fingerprint density at radius 3 is 2.80 bits per heavy atom. The Balaban J connectivity index is 1.74. The topological polar surface area (TPSA) is 42.3 Å². The fourth-order valence-corrected chi connectivity index (χ4v) is 3.15. The van der Waals surface area contributed by atoms with E-state index < -0.39 is 0 Å². The molecule has 0 spiro atoms. The lowest BCUT2D eigenvalue weighted by Crippen LogP contribution is -2.38. The van der Waals surface area contributed by atoms with Crippen molar-refractivity contribution < 1.29 is 4.74 Å². The van der Waals surface area contributed by atoms with Crippen molar-refractivity contribution in [2.45, 2.75) is 39.3 Å². The van der Waals surface area contributed by atoms with E-state index in [-0.39, 0.29) is 0 Å². The predicted octanol–water partition coefficient (Wildman–Crippen LogP) is 0.984. The Morgan fingerprint density at radius 1 is 1.25 bits per heavy atom. The largest absolute Gasteiger partial charge is 0.379 e. The van der Waals surface area contributed by atoms with Crippen molar-refractivity contribution in [3.63, 3.8) is 0 Å². The van der Waals surface area contributed by atoms with Crippen LogP contribution >= 0.6 is 0 Å². The molecule has 0 unspecified atom stereocenters. The van der Waals surface area contributed by atoms with Gasteiger partial charge in [-0.3, -0.25) is 4.90 Å². The van der Waals surface area contributed by atoms with Crippen LogP contribution in [-0.2, 0) is 24.2 Å². The van der Waals surface area contributed by atoms with Crippen molar-refractivity contribution >= 4 is 0 Å². The Hall–Kier alpha value is -0.910. The zero-order chi connectivity index (χ0) is 13.9. The molecule has 5 heteroatoms. The number of rotatable bonds is 4. The quantitative estimate of drug-likeness (QED) is 0.892. The van der Waals surface area contributed by atoms with Crippen LogP contribution < -0.4 is 5.32 Å². The molecule has 1 N–H and O–H groups in total. The Kier molecular flexibility index (Phi) is 4.38. The lowest BCUT2D eigenvalue weighted by Gasteiger charge is -2.27. The summed E-state index contributed by atoms with van der Waals surface area (Å²) in [5.41, 5.74) is 2.72. The molecule has 0 bridgehead atoms. The van der Waals surface area contributed by atoms with Crippen LogP contribution in [0.5, 0.6) is 0 Å². The molecule has 0 radical (unpaired) electrons. The van der Waals surface area contributed by atoms with Crippen molar-refractivity contribution in [3.8, 4) is 0 Å². The van der Waals surface area contributed by atoms with Crippen molar-refractivity contribution in [1.82, 2.24) is 19.8 Å². The van der Waals surface area contributed by atoms with Crippen LogP contribution in [0.15, 0.2) is 0 Å². The van der Waals surface area contributed by atoms with E-state index in [2.05, 4.69) is 28.6 Å². The minimum atomic E-state index is 0.491. The molecule has 20 heavy (non-hydrogen) atoms. The van der Waals surface area contributed by atoms with Crippen LogP contribution in [0.3, 0.4) is 0 Å². The van der Waals surface area contributed by atoms with Gasteiger partial charge in [-0.15, -0.1) is 0 Å². The zero-order valence-electron chi connectivity index (χ0n) is 12.7. The fourth-order valence-electron chi connectivity index (χ4n) is 3.15. The highest BCUT2D eigenvalue weighted by molar-refractivity contribution is 5.21. The van der Waals surface area contributed by atoms with Gasteiger partial charge in [0.05, 0.1) is 18.9 Å². The van der Waals surface area contributed by atoms with Gasteiger partial charge >= 0.3 is 0 Å². The summed E-state index contributed by atoms with van der Waals surface area (Å²) >= 11 is 0. The molecule has 112 valence electrons. The van der Waals surface area contributed by atoms with E-state index >= 15 is 0 Å². The Labute approximate surface area is 121 Å². The van der Waals surface area contributed by atoms with E-state index in [4.69, 9.17) is 9.72 Å². The molecule has 0 atom stereocenters. The first-order chi connectivity index (χ1) is 9.75. The first-order valence-electron chi connectivity index (χ1n) is 7.84. The molecule has 0 saturated carbocycles. The van der Waals surface area contributed by atoms with Crippen molar-refractivity contribution in [2.24, 2.45) is 0 Å². The maximum absolute atomic E-state index is 5.42. The van der Waals surface area contributed by atoms with Crippen LogP contribution in [0.4, 0.5) is 0 Å². The monoisotopic (exact) mass is 278 g/mol. The first-order valence-corrected chi connectivity index (χ1v) is 7.84. The van der Waals surface area contributed by atoms with E-state index in [1.54, 1.807) is 0 Å². The summed E-state index contributed by atoms with van der Waals surface area (Å²) in [5, 5.41) is 3.42. The summed E-state index contributed by atoms with van der Waals surface area (Å²) in [6.45, 7) is 12.6. The normalized spacial score (nSPS) is 20.4. The third-order valence-electron chi connectivity index (χ3n) is 4.28. The average Bonchev–Trinajstić information content (AvgIpc) is 2.85. The first kappa shape index (κ1) is 14.0. The van der Waals surface area contributed by atoms with E-state index in [9.17, 15) is 0 Å². The van der Waals surface area contributed by atoms with Gasteiger partial charge < -0.3 is 14.6 Å². The van der Waals surface area contributed by atoms with Gasteiger partial charge in [0.1, 0.15) is 5.82 Å². The predicted molar refractivity (Wildman–Crippen MR) is 79.0 cm³/mol. The van der Waals surface area contributed by atoms with Crippen LogP contribution in [0.1, 0.15) is 37.0 Å². The molecule has 3 rings (SSSR count). The van der Waals surface area contributed by atoms with Gasteiger partial charge in [0, 0.05) is 57.3 Å². The van der Waals surface area contributed by atoms with E-state index in [1.165, 1.54) is 17.2 Å². The van der Waals surface area contributed by atoms with Crippen LogP contribution in [0.2, 0.25) is 0 Å². The second kappa shape index (κ2) is 6.24. The number of hydrogen-bond donors (Lipinski definition) is 1. The van der Waals surface area contributed by atoms with E-state index in [0.717, 1.165) is 58.9 Å². The summed E-state index contributed by atoms with van der Waals surface area (Å²) in [5.74, 6) is 1.75. The minimum Gasteiger partial charge on any atom is -0.379 e. The molecular formula is C15H26N4O. The van der Waals surface area contributed by atoms with Crippen molar-refractivity contribution in [3.05, 3.63) is 17.2 Å². The zero-order valence-corrected chi connectivity index (χ0v) is 12.7. The molecule has 3 heterocycles. The Bertz CT molecular complexity index is 449. The number of aromatic nitrogens is 2. The summed E-state index contributed by atoms with van der Waals surface area (Å²) < 4.78 is 7.90. The molecule has 2 aliphatic rings. The molecule has 1 saturated heterocycles. The van der Waals surface area contributed by atoms with Gasteiger partial charge in [-0.25, -0.2) is 4.98 Å². The lowest BCUT2D eigenvalue weighted by molar-refractivity contribution is 0.0362. The maximum Gasteiger partial charge on any atom is 0.111 e. The van der Waals surface area contributed by atoms with E-state index in [0.29, 0.717) is 5.92 Å². The lowest BCUT2D eigenvalue weighted by atomic mass is 10.2. The minimum absolute atomic E-state index is 0.491. The fraction of sp³-hybridized carbons (Fsp3) is 0.800. The molecule has 2 aliphatic heterocycles. The van der Waals surface area contributed by atoms with Gasteiger partial charge in [0.25, 0.3) is 0 Å². The highest BCUT2D eigenvalue weighted by Crippen LogP contribution is 2.21. The summed E-state index contributed by atoms with van der Waals surface area (Å²) in [7, 11) is 0. The Morgan fingerprint density at radius 2 is 2.05 bits per heavy atom. The number of ether oxygens (including phenoxy) is 1. The standard InChI is InChI=1S/C15H26N4O/c1-12(2)15-17-13-11-16-4-3-14(13)19(15)6-5-18-7-9-20-10-8-18/h12,16H,3-11H2,1-2H3. The third kappa shape index (κ3) is 2.90.